The van der Waals surface area contributed by atoms with Gasteiger partial charge >= 0.3 is 0 Å². The molecule has 0 aliphatic heterocycles. The van der Waals surface area contributed by atoms with E-state index < -0.39 is 0 Å². The predicted octanol–water partition coefficient (Wildman–Crippen LogP) is 1.44. The van der Waals surface area contributed by atoms with Gasteiger partial charge in [-0.15, -0.1) is 0 Å². The zero-order valence-corrected chi connectivity index (χ0v) is 10.7. The molecule has 0 bridgehead atoms. The molecule has 1 aliphatic carbocycles. The number of aromatic nitrogens is 4. The van der Waals surface area contributed by atoms with Crippen LogP contribution in [0.4, 0.5) is 0 Å². The van der Waals surface area contributed by atoms with Gasteiger partial charge < -0.3 is 5.32 Å². The van der Waals surface area contributed by atoms with E-state index in [4.69, 9.17) is 0 Å². The molecule has 0 aromatic carbocycles. The zero-order chi connectivity index (χ0) is 12.5. The Morgan fingerprint density at radius 3 is 2.89 bits per heavy atom. The summed E-state index contributed by atoms with van der Waals surface area (Å²) < 4.78 is 1.77. The quantitative estimate of drug-likeness (QED) is 0.882. The van der Waals surface area contributed by atoms with Crippen molar-refractivity contribution in [2.24, 2.45) is 7.05 Å². The fraction of sp³-hybridized carbons (Fsp3) is 0.462. The summed E-state index contributed by atoms with van der Waals surface area (Å²) in [6.07, 6.45) is 4.48. The number of aryl methyl sites for hydroxylation is 2. The topological polar surface area (TPSA) is 55.6 Å². The van der Waals surface area contributed by atoms with Crippen molar-refractivity contribution in [1.82, 2.24) is 25.1 Å². The van der Waals surface area contributed by atoms with Crippen molar-refractivity contribution in [3.8, 4) is 11.5 Å². The maximum Gasteiger partial charge on any atom is 0.180 e. The van der Waals surface area contributed by atoms with Gasteiger partial charge in [-0.05, 0) is 31.9 Å². The molecule has 2 heterocycles. The highest BCUT2D eigenvalue weighted by Gasteiger charge is 2.20. The lowest BCUT2D eigenvalue weighted by atomic mass is 10.3. The monoisotopic (exact) mass is 243 g/mol. The van der Waals surface area contributed by atoms with Gasteiger partial charge in [-0.1, -0.05) is 0 Å². The van der Waals surface area contributed by atoms with Crippen molar-refractivity contribution in [3.63, 3.8) is 0 Å². The molecule has 18 heavy (non-hydrogen) atoms. The molecule has 1 aliphatic rings. The average Bonchev–Trinajstić information content (AvgIpc) is 3.07. The Kier molecular flexibility index (Phi) is 2.83. The number of nitrogens with one attached hydrogen (secondary N) is 1. The summed E-state index contributed by atoms with van der Waals surface area (Å²) in [6.45, 7) is 2.81. The van der Waals surface area contributed by atoms with Crippen molar-refractivity contribution in [2.75, 3.05) is 0 Å². The summed E-state index contributed by atoms with van der Waals surface area (Å²) in [7, 11) is 1.90. The Morgan fingerprint density at radius 1 is 1.39 bits per heavy atom. The molecule has 3 rings (SSSR count). The highest BCUT2D eigenvalue weighted by Crippen LogP contribution is 2.19. The minimum Gasteiger partial charge on any atom is -0.308 e. The second-order valence-electron chi connectivity index (χ2n) is 4.85. The summed E-state index contributed by atoms with van der Waals surface area (Å²) >= 11 is 0. The fourth-order valence-electron chi connectivity index (χ4n) is 1.91. The Hall–Kier alpha value is -1.75. The standard InChI is InChI=1S/C13H17N5/c1-9-7-11(8-14-10-3-4-10)16-13(15-9)12-5-6-18(2)17-12/h5-7,10,14H,3-4,8H2,1-2H3. The van der Waals surface area contributed by atoms with Crippen LogP contribution in [-0.4, -0.2) is 25.8 Å². The van der Waals surface area contributed by atoms with Gasteiger partial charge in [-0.2, -0.15) is 5.10 Å². The second-order valence-corrected chi connectivity index (χ2v) is 4.85. The number of hydrogen-bond donors (Lipinski definition) is 1. The van der Waals surface area contributed by atoms with E-state index in [9.17, 15) is 0 Å². The molecular weight excluding hydrogens is 226 g/mol. The highest BCUT2D eigenvalue weighted by molar-refractivity contribution is 5.48. The van der Waals surface area contributed by atoms with E-state index in [1.807, 2.05) is 32.3 Å². The summed E-state index contributed by atoms with van der Waals surface area (Å²) in [5, 5.41) is 7.81. The maximum absolute atomic E-state index is 4.57. The summed E-state index contributed by atoms with van der Waals surface area (Å²) in [5.74, 6) is 0.711. The van der Waals surface area contributed by atoms with E-state index in [2.05, 4.69) is 20.4 Å². The molecule has 0 unspecified atom stereocenters. The SMILES string of the molecule is Cc1cc(CNC2CC2)nc(-c2ccn(C)n2)n1. The predicted molar refractivity (Wildman–Crippen MR) is 68.8 cm³/mol. The van der Waals surface area contributed by atoms with Gasteiger partial charge in [-0.3, -0.25) is 4.68 Å². The Balaban J connectivity index is 1.84. The largest absolute Gasteiger partial charge is 0.308 e. The zero-order valence-electron chi connectivity index (χ0n) is 10.7. The second kappa shape index (κ2) is 4.49. The van der Waals surface area contributed by atoms with Crippen LogP contribution in [0.1, 0.15) is 24.2 Å². The molecule has 1 N–H and O–H groups in total. The third kappa shape index (κ3) is 2.56. The summed E-state index contributed by atoms with van der Waals surface area (Å²) in [4.78, 5) is 9.01. The van der Waals surface area contributed by atoms with Gasteiger partial charge in [0.1, 0.15) is 5.69 Å². The van der Waals surface area contributed by atoms with Crippen LogP contribution in [0.5, 0.6) is 0 Å². The lowest BCUT2D eigenvalue weighted by Crippen LogP contribution is -2.16. The number of rotatable bonds is 4. The van der Waals surface area contributed by atoms with E-state index >= 15 is 0 Å². The molecule has 0 atom stereocenters. The first-order chi connectivity index (χ1) is 8.70. The van der Waals surface area contributed by atoms with Gasteiger partial charge in [0.25, 0.3) is 0 Å². The Bertz CT molecular complexity index is 556. The van der Waals surface area contributed by atoms with Gasteiger partial charge in [0.15, 0.2) is 5.82 Å². The Labute approximate surface area is 106 Å². The van der Waals surface area contributed by atoms with Crippen LogP contribution in [-0.2, 0) is 13.6 Å². The normalized spacial score (nSPS) is 15.0. The van der Waals surface area contributed by atoms with Crippen LogP contribution < -0.4 is 5.32 Å². The van der Waals surface area contributed by atoms with Crippen LogP contribution >= 0.6 is 0 Å². The van der Waals surface area contributed by atoms with E-state index in [-0.39, 0.29) is 0 Å². The molecule has 1 saturated carbocycles. The molecule has 0 amide bonds. The molecule has 0 saturated heterocycles. The first-order valence-electron chi connectivity index (χ1n) is 6.29. The molecule has 5 nitrogen and oxygen atoms in total. The van der Waals surface area contributed by atoms with Crippen LogP contribution in [0.15, 0.2) is 18.3 Å². The van der Waals surface area contributed by atoms with E-state index in [0.717, 1.165) is 23.6 Å². The number of nitrogens with zero attached hydrogens (tertiary/aromatic N) is 4. The average molecular weight is 243 g/mol. The highest BCUT2D eigenvalue weighted by atomic mass is 15.3. The lowest BCUT2D eigenvalue weighted by molar-refractivity contribution is 0.672. The number of hydrogen-bond acceptors (Lipinski definition) is 4. The van der Waals surface area contributed by atoms with Gasteiger partial charge in [0.05, 0.1) is 5.69 Å². The van der Waals surface area contributed by atoms with Crippen molar-refractivity contribution in [3.05, 3.63) is 29.7 Å². The third-order valence-electron chi connectivity index (χ3n) is 3.00. The molecule has 2 aromatic rings. The molecule has 94 valence electrons. The molecule has 2 aromatic heterocycles. The summed E-state index contributed by atoms with van der Waals surface area (Å²) in [5.41, 5.74) is 2.85. The van der Waals surface area contributed by atoms with Crippen LogP contribution in [0, 0.1) is 6.92 Å². The van der Waals surface area contributed by atoms with Crippen LogP contribution in [0.3, 0.4) is 0 Å². The third-order valence-corrected chi connectivity index (χ3v) is 3.00. The van der Waals surface area contributed by atoms with Crippen molar-refractivity contribution in [2.45, 2.75) is 32.4 Å². The van der Waals surface area contributed by atoms with Crippen LogP contribution in [0.25, 0.3) is 11.5 Å². The van der Waals surface area contributed by atoms with Crippen molar-refractivity contribution >= 4 is 0 Å². The minimum atomic E-state index is 0.693. The molecule has 0 radical (unpaired) electrons. The smallest absolute Gasteiger partial charge is 0.180 e. The molecule has 5 heteroatoms. The van der Waals surface area contributed by atoms with E-state index in [1.54, 1.807) is 4.68 Å². The van der Waals surface area contributed by atoms with Crippen molar-refractivity contribution < 1.29 is 0 Å². The maximum atomic E-state index is 4.57. The van der Waals surface area contributed by atoms with Gasteiger partial charge in [0, 0.05) is 31.5 Å². The molecular formula is C13H17N5. The molecule has 0 spiro atoms. The molecule has 1 fully saturated rings. The lowest BCUT2D eigenvalue weighted by Gasteiger charge is -2.05. The Morgan fingerprint density at radius 2 is 2.22 bits per heavy atom. The van der Waals surface area contributed by atoms with E-state index in [0.29, 0.717) is 11.9 Å². The first-order valence-corrected chi connectivity index (χ1v) is 6.29. The summed E-state index contributed by atoms with van der Waals surface area (Å²) in [6, 6.07) is 4.66. The van der Waals surface area contributed by atoms with Crippen molar-refractivity contribution in [1.29, 1.82) is 0 Å². The van der Waals surface area contributed by atoms with E-state index in [1.165, 1.54) is 12.8 Å². The van der Waals surface area contributed by atoms with Crippen LogP contribution in [0.2, 0.25) is 0 Å². The minimum absolute atomic E-state index is 0.693. The van der Waals surface area contributed by atoms with Gasteiger partial charge in [0.2, 0.25) is 0 Å². The van der Waals surface area contributed by atoms with Gasteiger partial charge in [-0.25, -0.2) is 9.97 Å². The fourth-order valence-corrected chi connectivity index (χ4v) is 1.91. The first kappa shape index (κ1) is 11.3.